The van der Waals surface area contributed by atoms with Crippen LogP contribution >= 0.6 is 11.6 Å². The SMILES string of the molecule is O=C(COc1ccc(Cl)c(F)c1)NC12CC(NC(=O)C3CCC(c4ccco4)CN3C3CCC/C=C\CCCCC3)(C1)C2. The maximum absolute atomic E-state index is 13.9. The van der Waals surface area contributed by atoms with Crippen molar-refractivity contribution in [2.75, 3.05) is 13.2 Å². The molecule has 232 valence electrons. The Hall–Kier alpha value is -2.84. The second kappa shape index (κ2) is 13.0. The summed E-state index contributed by atoms with van der Waals surface area (Å²) in [7, 11) is 0. The average molecular weight is 612 g/mol. The Morgan fingerprint density at radius 2 is 1.74 bits per heavy atom. The van der Waals surface area contributed by atoms with Crippen molar-refractivity contribution in [3.63, 3.8) is 0 Å². The summed E-state index contributed by atoms with van der Waals surface area (Å²) < 4.78 is 24.9. The fraction of sp³-hybridized carbons (Fsp3) is 0.588. The summed E-state index contributed by atoms with van der Waals surface area (Å²) in [5.74, 6) is 0.867. The average Bonchev–Trinajstić information content (AvgIpc) is 3.48. The van der Waals surface area contributed by atoms with Crippen LogP contribution in [0.25, 0.3) is 0 Å². The van der Waals surface area contributed by atoms with E-state index in [4.69, 9.17) is 20.8 Å². The minimum absolute atomic E-state index is 0.00934. The standard InChI is InChI=1S/C34H43ClFN3O4/c35-27-15-14-26(18-28(27)36)43-20-31(40)37-33-21-34(22-33,23-33)38-32(41)29-16-13-24(30-12-9-17-42-30)19-39(29)25-10-7-5-3-1-2-4-6-8-11-25/h1,3,9,12,14-15,17-18,24-25,29H,2,4-8,10-11,13,16,19-23H2,(H,37,40)(H,38,41)/b3-1-. The first-order chi connectivity index (χ1) is 20.8. The number of carbonyl (C=O) groups is 2. The van der Waals surface area contributed by atoms with E-state index in [1.807, 2.05) is 6.07 Å². The van der Waals surface area contributed by atoms with Crippen LogP contribution in [0.5, 0.6) is 5.75 Å². The van der Waals surface area contributed by atoms with Gasteiger partial charge in [-0.15, -0.1) is 0 Å². The van der Waals surface area contributed by atoms with Gasteiger partial charge in [0.15, 0.2) is 6.61 Å². The molecule has 1 aromatic carbocycles. The van der Waals surface area contributed by atoms with Crippen LogP contribution in [0.15, 0.2) is 53.2 Å². The van der Waals surface area contributed by atoms with Crippen LogP contribution in [0.2, 0.25) is 5.02 Å². The molecule has 2 aromatic rings. The number of allylic oxidation sites excluding steroid dienone is 2. The number of hydrogen-bond donors (Lipinski definition) is 2. The molecule has 4 fully saturated rings. The Balaban J connectivity index is 1.04. The summed E-state index contributed by atoms with van der Waals surface area (Å²) in [6.45, 7) is 0.643. The van der Waals surface area contributed by atoms with Crippen LogP contribution in [0.3, 0.4) is 0 Å². The molecule has 3 unspecified atom stereocenters. The van der Waals surface area contributed by atoms with Gasteiger partial charge in [-0.2, -0.15) is 0 Å². The number of benzene rings is 1. The molecule has 7 nitrogen and oxygen atoms in total. The minimum atomic E-state index is -0.585. The summed E-state index contributed by atoms with van der Waals surface area (Å²) in [5, 5.41) is 6.51. The Morgan fingerprint density at radius 3 is 2.51 bits per heavy atom. The first-order valence-electron chi connectivity index (χ1n) is 16.0. The number of rotatable bonds is 8. The van der Waals surface area contributed by atoms with E-state index >= 15 is 0 Å². The van der Waals surface area contributed by atoms with Gasteiger partial charge >= 0.3 is 0 Å². The van der Waals surface area contributed by atoms with Gasteiger partial charge in [0.05, 0.1) is 17.3 Å². The van der Waals surface area contributed by atoms with Gasteiger partial charge in [0, 0.05) is 35.6 Å². The van der Waals surface area contributed by atoms with Crippen molar-refractivity contribution in [2.45, 2.75) is 113 Å². The van der Waals surface area contributed by atoms with Crippen LogP contribution in [0.1, 0.15) is 95.1 Å². The number of piperidine rings is 1. The van der Waals surface area contributed by atoms with Crippen molar-refractivity contribution in [3.8, 4) is 5.75 Å². The molecule has 0 radical (unpaired) electrons. The smallest absolute Gasteiger partial charge is 0.258 e. The van der Waals surface area contributed by atoms with E-state index in [0.717, 1.165) is 70.1 Å². The highest BCUT2D eigenvalue weighted by Gasteiger charge is 2.69. The van der Waals surface area contributed by atoms with Crippen molar-refractivity contribution < 1.29 is 23.1 Å². The number of carbonyl (C=O) groups excluding carboxylic acids is 2. The zero-order chi connectivity index (χ0) is 29.9. The second-order valence-electron chi connectivity index (χ2n) is 13.2. The molecule has 1 saturated heterocycles. The van der Waals surface area contributed by atoms with Crippen LogP contribution in [0.4, 0.5) is 4.39 Å². The van der Waals surface area contributed by atoms with Crippen molar-refractivity contribution in [3.05, 3.63) is 65.3 Å². The number of nitrogens with one attached hydrogen (secondary N) is 2. The van der Waals surface area contributed by atoms with Crippen LogP contribution < -0.4 is 15.4 Å². The second-order valence-corrected chi connectivity index (χ2v) is 13.6. The summed E-state index contributed by atoms with van der Waals surface area (Å²) in [4.78, 5) is 29.0. The summed E-state index contributed by atoms with van der Waals surface area (Å²) >= 11 is 5.72. The fourth-order valence-corrected chi connectivity index (χ4v) is 8.00. The highest BCUT2D eigenvalue weighted by Crippen LogP contribution is 2.60. The number of nitrogens with zero attached hydrogens (tertiary/aromatic N) is 1. The normalized spacial score (nSPS) is 31.9. The largest absolute Gasteiger partial charge is 0.484 e. The van der Waals surface area contributed by atoms with E-state index in [2.05, 4.69) is 33.8 Å². The lowest BCUT2D eigenvalue weighted by atomic mass is 9.44. The lowest BCUT2D eigenvalue weighted by molar-refractivity contribution is -0.154. The van der Waals surface area contributed by atoms with E-state index in [1.54, 1.807) is 6.26 Å². The van der Waals surface area contributed by atoms with Crippen LogP contribution in [0, 0.1) is 5.82 Å². The molecule has 0 spiro atoms. The predicted molar refractivity (Wildman–Crippen MR) is 164 cm³/mol. The molecule has 5 aliphatic rings. The Morgan fingerprint density at radius 1 is 0.977 bits per heavy atom. The number of ether oxygens (including phenoxy) is 1. The molecule has 2 N–H and O–H groups in total. The molecule has 9 heteroatoms. The first kappa shape index (κ1) is 30.2. The molecule has 7 rings (SSSR count). The summed E-state index contributed by atoms with van der Waals surface area (Å²) in [5.41, 5.74) is -0.537. The van der Waals surface area contributed by atoms with E-state index in [1.165, 1.54) is 43.9 Å². The molecular weight excluding hydrogens is 569 g/mol. The van der Waals surface area contributed by atoms with Gasteiger partial charge in [0.2, 0.25) is 5.91 Å². The van der Waals surface area contributed by atoms with E-state index < -0.39 is 5.82 Å². The molecule has 1 aliphatic heterocycles. The number of amides is 2. The van der Waals surface area contributed by atoms with Gasteiger partial charge in [-0.3, -0.25) is 14.5 Å². The summed E-state index contributed by atoms with van der Waals surface area (Å²) in [6.07, 6.45) is 19.6. The fourth-order valence-electron chi connectivity index (χ4n) is 7.89. The van der Waals surface area contributed by atoms with E-state index in [0.29, 0.717) is 12.0 Å². The van der Waals surface area contributed by atoms with Gasteiger partial charge in [-0.1, -0.05) is 36.6 Å². The highest BCUT2D eigenvalue weighted by atomic mass is 35.5. The van der Waals surface area contributed by atoms with Crippen molar-refractivity contribution >= 4 is 23.4 Å². The van der Waals surface area contributed by atoms with E-state index in [-0.39, 0.29) is 46.3 Å². The van der Waals surface area contributed by atoms with E-state index in [9.17, 15) is 14.0 Å². The molecule has 2 heterocycles. The maximum Gasteiger partial charge on any atom is 0.258 e. The lowest BCUT2D eigenvalue weighted by Gasteiger charge is -2.70. The quantitative estimate of drug-likeness (QED) is 0.326. The maximum atomic E-state index is 13.9. The van der Waals surface area contributed by atoms with Crippen molar-refractivity contribution in [2.24, 2.45) is 0 Å². The molecule has 2 bridgehead atoms. The van der Waals surface area contributed by atoms with Gasteiger partial charge < -0.3 is 19.8 Å². The topological polar surface area (TPSA) is 83.8 Å². The lowest BCUT2D eigenvalue weighted by Crippen LogP contribution is -2.84. The third-order valence-corrected chi connectivity index (χ3v) is 10.2. The van der Waals surface area contributed by atoms with Gasteiger partial charge in [-0.05, 0) is 94.9 Å². The Kier molecular flexibility index (Phi) is 9.15. The van der Waals surface area contributed by atoms with Crippen molar-refractivity contribution in [1.82, 2.24) is 15.5 Å². The number of furan rings is 1. The molecule has 2 amide bonds. The molecule has 3 atom stereocenters. The number of halogens is 2. The van der Waals surface area contributed by atoms with Gasteiger partial charge in [0.1, 0.15) is 17.3 Å². The Labute approximate surface area is 258 Å². The number of hydrogen-bond acceptors (Lipinski definition) is 5. The predicted octanol–water partition coefficient (Wildman–Crippen LogP) is 6.67. The Bertz CT molecular complexity index is 1290. The third-order valence-electron chi connectivity index (χ3n) is 9.90. The van der Waals surface area contributed by atoms with Gasteiger partial charge in [0.25, 0.3) is 5.91 Å². The zero-order valence-electron chi connectivity index (χ0n) is 24.8. The highest BCUT2D eigenvalue weighted by molar-refractivity contribution is 6.30. The number of likely N-dealkylation sites (tertiary alicyclic amines) is 1. The van der Waals surface area contributed by atoms with Crippen LogP contribution in [-0.2, 0) is 9.59 Å². The third kappa shape index (κ3) is 6.96. The van der Waals surface area contributed by atoms with Gasteiger partial charge in [-0.25, -0.2) is 4.39 Å². The van der Waals surface area contributed by atoms with Crippen molar-refractivity contribution in [1.29, 1.82) is 0 Å². The minimum Gasteiger partial charge on any atom is -0.484 e. The molecule has 3 saturated carbocycles. The molecule has 4 aliphatic carbocycles. The molecule has 43 heavy (non-hydrogen) atoms. The molecular formula is C34H43ClFN3O4. The molecule has 1 aromatic heterocycles. The first-order valence-corrected chi connectivity index (χ1v) is 16.4. The zero-order valence-corrected chi connectivity index (χ0v) is 25.5. The summed E-state index contributed by atoms with van der Waals surface area (Å²) in [6, 6.07) is 8.37. The van der Waals surface area contributed by atoms with Crippen LogP contribution in [-0.4, -0.2) is 53.0 Å². The monoisotopic (exact) mass is 611 g/mol.